The van der Waals surface area contributed by atoms with E-state index >= 15 is 0 Å². The van der Waals surface area contributed by atoms with E-state index < -0.39 is 16.2 Å². The molecule has 3 aromatic heterocycles. The highest BCUT2D eigenvalue weighted by atomic mass is 32.2. The third kappa shape index (κ3) is 6.42. The second-order valence-electron chi connectivity index (χ2n) is 14.1. The van der Waals surface area contributed by atoms with E-state index in [-0.39, 0.29) is 33.8 Å². The predicted molar refractivity (Wildman–Crippen MR) is 185 cm³/mol. The van der Waals surface area contributed by atoms with E-state index in [1.54, 1.807) is 18.6 Å². The zero-order valence-electron chi connectivity index (χ0n) is 28.5. The first kappa shape index (κ1) is 33.6. The quantitative estimate of drug-likeness (QED) is 0.191. The Hall–Kier alpha value is -4.32. The van der Waals surface area contributed by atoms with Crippen LogP contribution < -0.4 is 9.08 Å². The molecule has 1 amide bonds. The van der Waals surface area contributed by atoms with Gasteiger partial charge in [0, 0.05) is 44.1 Å². The van der Waals surface area contributed by atoms with Crippen molar-refractivity contribution in [3.05, 3.63) is 65.7 Å². The molecule has 11 nitrogen and oxygen atoms in total. The van der Waals surface area contributed by atoms with Crippen LogP contribution in [0.1, 0.15) is 95.2 Å². The van der Waals surface area contributed by atoms with Gasteiger partial charge in [0.1, 0.15) is 10.7 Å². The van der Waals surface area contributed by atoms with Gasteiger partial charge in [-0.3, -0.25) is 9.97 Å². The number of amides is 1. The first-order chi connectivity index (χ1) is 22.8. The SMILES string of the molecule is CC(C)c1cc(C(C)C)c(S(=O)(=O)Oc2cncc3nc(-c4ccncc4)nc(N4CCC5(CCN(C(=O)O)C5)CC4)c23)c(C(C)C)c1. The first-order valence-corrected chi connectivity index (χ1v) is 18.1. The van der Waals surface area contributed by atoms with Gasteiger partial charge >= 0.3 is 16.2 Å². The molecule has 4 aromatic rings. The second kappa shape index (κ2) is 12.9. The van der Waals surface area contributed by atoms with Crippen LogP contribution >= 0.6 is 0 Å². The lowest BCUT2D eigenvalue weighted by molar-refractivity contribution is 0.144. The molecule has 5 heterocycles. The van der Waals surface area contributed by atoms with E-state index in [9.17, 15) is 18.3 Å². The Balaban J connectivity index is 1.46. The van der Waals surface area contributed by atoms with Crippen LogP contribution in [0.2, 0.25) is 0 Å². The van der Waals surface area contributed by atoms with Gasteiger partial charge in [0.25, 0.3) is 0 Å². The fraction of sp³-hybridized carbons (Fsp3) is 0.472. The molecule has 2 fully saturated rings. The molecule has 2 aliphatic rings. The van der Waals surface area contributed by atoms with Gasteiger partial charge in [-0.05, 0) is 71.3 Å². The van der Waals surface area contributed by atoms with Crippen LogP contribution in [-0.2, 0) is 10.1 Å². The fourth-order valence-corrected chi connectivity index (χ4v) is 8.61. The molecular weight excluding hydrogens is 628 g/mol. The van der Waals surface area contributed by atoms with Crippen LogP contribution in [0.25, 0.3) is 22.3 Å². The molecule has 0 atom stereocenters. The summed E-state index contributed by atoms with van der Waals surface area (Å²) in [6, 6.07) is 7.64. The Morgan fingerprint density at radius 3 is 2.06 bits per heavy atom. The number of rotatable bonds is 8. The van der Waals surface area contributed by atoms with Crippen LogP contribution in [0.4, 0.5) is 10.6 Å². The van der Waals surface area contributed by atoms with Crippen molar-refractivity contribution in [1.29, 1.82) is 0 Å². The number of likely N-dealkylation sites (tertiary alicyclic amines) is 1. The summed E-state index contributed by atoms with van der Waals surface area (Å²) in [6.45, 7) is 14.5. The van der Waals surface area contributed by atoms with Gasteiger partial charge in [-0.25, -0.2) is 14.8 Å². The summed E-state index contributed by atoms with van der Waals surface area (Å²) in [4.78, 5) is 33.9. The molecule has 0 radical (unpaired) electrons. The minimum atomic E-state index is -4.32. The molecule has 0 aliphatic carbocycles. The number of pyridine rings is 2. The predicted octanol–water partition coefficient (Wildman–Crippen LogP) is 7.20. The average molecular weight is 673 g/mol. The highest BCUT2D eigenvalue weighted by molar-refractivity contribution is 7.87. The van der Waals surface area contributed by atoms with E-state index in [0.717, 1.165) is 41.5 Å². The van der Waals surface area contributed by atoms with Crippen molar-refractivity contribution in [2.24, 2.45) is 5.41 Å². The fourth-order valence-electron chi connectivity index (χ4n) is 7.00. The summed E-state index contributed by atoms with van der Waals surface area (Å²) in [7, 11) is -4.32. The molecule has 2 aliphatic heterocycles. The number of benzene rings is 1. The van der Waals surface area contributed by atoms with E-state index in [0.29, 0.717) is 48.7 Å². The standard InChI is InChI=1S/C36H44N6O5S/c1-22(2)26-17-27(23(3)4)32(28(18-26)24(5)6)48(45,46)47-30-20-38-19-29-31(30)34(40-33(39-29)25-7-12-37-13-8-25)41-14-9-36(10-15-41)11-16-42(21-36)35(43)44/h7-8,12-13,17-20,22-24H,9-11,14-16,21H2,1-6H3,(H,43,44). The number of hydrogen-bond acceptors (Lipinski definition) is 9. The van der Waals surface area contributed by atoms with Gasteiger partial charge in [0.05, 0.1) is 23.3 Å². The monoisotopic (exact) mass is 672 g/mol. The van der Waals surface area contributed by atoms with Crippen molar-refractivity contribution in [3.8, 4) is 17.1 Å². The Morgan fingerprint density at radius 1 is 0.875 bits per heavy atom. The Labute approximate surface area is 282 Å². The van der Waals surface area contributed by atoms with Gasteiger partial charge < -0.3 is 19.1 Å². The number of anilines is 1. The van der Waals surface area contributed by atoms with Crippen LogP contribution in [0.5, 0.6) is 5.75 Å². The van der Waals surface area contributed by atoms with Crippen LogP contribution in [0.15, 0.2) is 53.9 Å². The number of piperidine rings is 1. The lowest BCUT2D eigenvalue weighted by atomic mass is 9.78. The molecule has 0 bridgehead atoms. The lowest BCUT2D eigenvalue weighted by Crippen LogP contribution is -2.42. The molecular formula is C36H44N6O5S. The third-order valence-corrected chi connectivity index (χ3v) is 11.2. The van der Waals surface area contributed by atoms with Crippen molar-refractivity contribution < 1.29 is 22.5 Å². The Morgan fingerprint density at radius 2 is 1.50 bits per heavy atom. The van der Waals surface area contributed by atoms with Crippen molar-refractivity contribution in [3.63, 3.8) is 0 Å². The normalized spacial score (nSPS) is 16.5. The molecule has 48 heavy (non-hydrogen) atoms. The molecule has 6 rings (SSSR count). The van der Waals surface area contributed by atoms with Crippen LogP contribution in [-0.4, -0.2) is 70.6 Å². The highest BCUT2D eigenvalue weighted by Crippen LogP contribution is 2.44. The highest BCUT2D eigenvalue weighted by Gasteiger charge is 2.43. The molecule has 0 unspecified atom stereocenters. The molecule has 254 valence electrons. The summed E-state index contributed by atoms with van der Waals surface area (Å²) < 4.78 is 35.0. The van der Waals surface area contributed by atoms with Crippen LogP contribution in [0.3, 0.4) is 0 Å². The minimum Gasteiger partial charge on any atom is -0.465 e. The summed E-state index contributed by atoms with van der Waals surface area (Å²) in [5, 5.41) is 10.0. The van der Waals surface area contributed by atoms with E-state index in [4.69, 9.17) is 14.2 Å². The third-order valence-electron chi connectivity index (χ3n) is 9.85. The molecule has 12 heteroatoms. The second-order valence-corrected chi connectivity index (χ2v) is 15.6. The Bertz CT molecular complexity index is 1910. The van der Waals surface area contributed by atoms with E-state index in [2.05, 4.69) is 28.7 Å². The maximum absolute atomic E-state index is 14.4. The average Bonchev–Trinajstić information content (AvgIpc) is 3.48. The summed E-state index contributed by atoms with van der Waals surface area (Å²) in [6.07, 6.45) is 7.89. The van der Waals surface area contributed by atoms with Crippen molar-refractivity contribution in [2.75, 3.05) is 31.1 Å². The largest absolute Gasteiger partial charge is 0.465 e. The number of carbonyl (C=O) groups is 1. The summed E-state index contributed by atoms with van der Waals surface area (Å²) in [5.74, 6) is 1.21. The number of hydrogen-bond donors (Lipinski definition) is 1. The first-order valence-electron chi connectivity index (χ1n) is 16.7. The van der Waals surface area contributed by atoms with Gasteiger partial charge in [-0.15, -0.1) is 0 Å². The van der Waals surface area contributed by atoms with Gasteiger partial charge in [0.15, 0.2) is 11.6 Å². The zero-order chi connectivity index (χ0) is 34.4. The number of aromatic nitrogens is 4. The van der Waals surface area contributed by atoms with Crippen molar-refractivity contribution in [1.82, 2.24) is 24.8 Å². The minimum absolute atomic E-state index is 0.0599. The summed E-state index contributed by atoms with van der Waals surface area (Å²) in [5.41, 5.74) is 3.68. The Kier molecular flexibility index (Phi) is 9.06. The smallest absolute Gasteiger partial charge is 0.407 e. The topological polar surface area (TPSA) is 139 Å². The number of nitrogens with zero attached hydrogens (tertiary/aromatic N) is 6. The summed E-state index contributed by atoms with van der Waals surface area (Å²) >= 11 is 0. The molecule has 0 saturated carbocycles. The molecule has 1 spiro atoms. The van der Waals surface area contributed by atoms with E-state index in [1.165, 1.54) is 11.1 Å². The lowest BCUT2D eigenvalue weighted by Gasteiger charge is -2.40. The molecule has 1 N–H and O–H groups in total. The maximum atomic E-state index is 14.4. The van der Waals surface area contributed by atoms with Crippen molar-refractivity contribution >= 4 is 32.9 Å². The van der Waals surface area contributed by atoms with E-state index in [1.807, 2.05) is 52.0 Å². The molecule has 1 aromatic carbocycles. The van der Waals surface area contributed by atoms with Gasteiger partial charge in [-0.1, -0.05) is 53.7 Å². The van der Waals surface area contributed by atoms with Gasteiger partial charge in [0.2, 0.25) is 0 Å². The molecule has 2 saturated heterocycles. The van der Waals surface area contributed by atoms with Crippen LogP contribution in [0, 0.1) is 5.41 Å². The van der Waals surface area contributed by atoms with Gasteiger partial charge in [-0.2, -0.15) is 8.42 Å². The maximum Gasteiger partial charge on any atom is 0.407 e. The number of fused-ring (bicyclic) bond motifs is 1. The zero-order valence-corrected chi connectivity index (χ0v) is 29.3. The number of carboxylic acid groups (broad SMARTS) is 1. The van der Waals surface area contributed by atoms with Crippen molar-refractivity contribution in [2.45, 2.75) is 83.5 Å².